The molecule has 1 N–H and O–H groups in total. The predicted octanol–water partition coefficient (Wildman–Crippen LogP) is 4.11. The average molecular weight is 397 g/mol. The maximum absolute atomic E-state index is 13.1. The second-order valence-electron chi connectivity index (χ2n) is 7.28. The molecule has 2 aromatic carbocycles. The van der Waals surface area contributed by atoms with Gasteiger partial charge in [-0.15, -0.1) is 0 Å². The fraction of sp³-hybridized carbons (Fsp3) is 0.160. The van der Waals surface area contributed by atoms with E-state index in [9.17, 15) is 9.59 Å². The van der Waals surface area contributed by atoms with Crippen LogP contribution in [0.3, 0.4) is 0 Å². The molecule has 0 saturated carbocycles. The molecule has 1 aliphatic heterocycles. The standard InChI is InChI=1S/C25H23N3O2/c1-18-24(25(30)27-23(29)14-13-19-8-3-2-4-9-19)22-12-6-5-10-20(22)17-28(18)21-11-7-15-26-16-21/h2-12,15-16H,13-14,17H2,1H3,(H,27,29,30). The largest absolute Gasteiger partial charge is 0.339 e. The topological polar surface area (TPSA) is 62.3 Å². The van der Waals surface area contributed by atoms with Gasteiger partial charge in [-0.25, -0.2) is 0 Å². The number of carbonyl (C=O) groups excluding carboxylic acids is 2. The number of fused-ring (bicyclic) bond motifs is 1. The molecule has 0 bridgehead atoms. The lowest BCUT2D eigenvalue weighted by Crippen LogP contribution is -2.36. The highest BCUT2D eigenvalue weighted by Gasteiger charge is 2.28. The molecule has 2 heterocycles. The van der Waals surface area contributed by atoms with E-state index in [2.05, 4.69) is 15.2 Å². The van der Waals surface area contributed by atoms with E-state index in [0.29, 0.717) is 18.5 Å². The predicted molar refractivity (Wildman–Crippen MR) is 117 cm³/mol. The van der Waals surface area contributed by atoms with Crippen LogP contribution >= 0.6 is 0 Å². The Bertz CT molecular complexity index is 1090. The Morgan fingerprint density at radius 1 is 1.00 bits per heavy atom. The molecule has 5 nitrogen and oxygen atoms in total. The summed E-state index contributed by atoms with van der Waals surface area (Å²) in [6.45, 7) is 2.55. The van der Waals surface area contributed by atoms with Crippen molar-refractivity contribution in [2.24, 2.45) is 0 Å². The van der Waals surface area contributed by atoms with Crippen molar-refractivity contribution in [3.8, 4) is 0 Å². The second-order valence-corrected chi connectivity index (χ2v) is 7.28. The number of allylic oxidation sites excluding steroid dienone is 1. The fourth-order valence-corrected chi connectivity index (χ4v) is 3.76. The van der Waals surface area contributed by atoms with Crippen LogP contribution in [0.15, 0.2) is 84.8 Å². The van der Waals surface area contributed by atoms with Crippen LogP contribution in [-0.4, -0.2) is 16.8 Å². The van der Waals surface area contributed by atoms with Gasteiger partial charge in [-0.1, -0.05) is 54.6 Å². The SMILES string of the molecule is CC1=C(C(=O)NC(=O)CCc2ccccc2)c2ccccc2CN1c1cccnc1. The van der Waals surface area contributed by atoms with Gasteiger partial charge in [-0.2, -0.15) is 0 Å². The number of hydrogen-bond donors (Lipinski definition) is 1. The highest BCUT2D eigenvalue weighted by Crippen LogP contribution is 2.34. The maximum atomic E-state index is 13.1. The van der Waals surface area contributed by atoms with Crippen LogP contribution in [0.4, 0.5) is 5.69 Å². The number of aromatic nitrogens is 1. The van der Waals surface area contributed by atoms with Crippen molar-refractivity contribution >= 4 is 23.1 Å². The molecule has 3 aromatic rings. The minimum Gasteiger partial charge on any atom is -0.339 e. The average Bonchev–Trinajstić information content (AvgIpc) is 2.78. The number of rotatable bonds is 5. The van der Waals surface area contributed by atoms with E-state index in [1.807, 2.05) is 73.7 Å². The van der Waals surface area contributed by atoms with Gasteiger partial charge in [-0.05, 0) is 42.2 Å². The molecule has 150 valence electrons. The molecule has 0 unspecified atom stereocenters. The third kappa shape index (κ3) is 4.15. The molecule has 0 saturated heterocycles. The monoisotopic (exact) mass is 397 g/mol. The van der Waals surface area contributed by atoms with E-state index in [4.69, 9.17) is 0 Å². The van der Waals surface area contributed by atoms with E-state index >= 15 is 0 Å². The number of benzene rings is 2. The Morgan fingerprint density at radius 2 is 1.77 bits per heavy atom. The van der Waals surface area contributed by atoms with Crippen molar-refractivity contribution < 1.29 is 9.59 Å². The van der Waals surface area contributed by atoms with Gasteiger partial charge in [0.05, 0.1) is 17.5 Å². The molecule has 5 heteroatoms. The minimum absolute atomic E-state index is 0.260. The van der Waals surface area contributed by atoms with Crippen LogP contribution in [0.5, 0.6) is 0 Å². The highest BCUT2D eigenvalue weighted by atomic mass is 16.2. The Morgan fingerprint density at radius 3 is 2.53 bits per heavy atom. The Labute approximate surface area is 176 Å². The number of anilines is 1. The van der Waals surface area contributed by atoms with Crippen LogP contribution in [0, 0.1) is 0 Å². The smallest absolute Gasteiger partial charge is 0.260 e. The number of nitrogens with zero attached hydrogens (tertiary/aromatic N) is 2. The zero-order chi connectivity index (χ0) is 20.9. The van der Waals surface area contributed by atoms with Gasteiger partial charge in [0.2, 0.25) is 5.91 Å². The van der Waals surface area contributed by atoms with Crippen molar-refractivity contribution in [3.63, 3.8) is 0 Å². The summed E-state index contributed by atoms with van der Waals surface area (Å²) in [5.74, 6) is -0.647. The normalized spacial score (nSPS) is 13.0. The van der Waals surface area contributed by atoms with Crippen LogP contribution < -0.4 is 10.2 Å². The first kappa shape index (κ1) is 19.6. The lowest BCUT2D eigenvalue weighted by Gasteiger charge is -2.33. The lowest BCUT2D eigenvalue weighted by atomic mass is 9.92. The lowest BCUT2D eigenvalue weighted by molar-refractivity contribution is -0.127. The molecule has 0 aliphatic carbocycles. The van der Waals surface area contributed by atoms with Crippen molar-refractivity contribution in [1.82, 2.24) is 10.3 Å². The molecular formula is C25H23N3O2. The van der Waals surface area contributed by atoms with Crippen LogP contribution in [0.2, 0.25) is 0 Å². The Kier molecular flexibility index (Phi) is 5.70. The molecule has 30 heavy (non-hydrogen) atoms. The van der Waals surface area contributed by atoms with Gasteiger partial charge in [0.1, 0.15) is 0 Å². The van der Waals surface area contributed by atoms with Gasteiger partial charge in [0.25, 0.3) is 5.91 Å². The summed E-state index contributed by atoms with van der Waals surface area (Å²) in [7, 11) is 0. The van der Waals surface area contributed by atoms with Gasteiger partial charge in [0.15, 0.2) is 0 Å². The van der Waals surface area contributed by atoms with E-state index in [-0.39, 0.29) is 18.2 Å². The van der Waals surface area contributed by atoms with Crippen LogP contribution in [0.25, 0.3) is 5.57 Å². The van der Waals surface area contributed by atoms with Gasteiger partial charge in [0, 0.05) is 24.9 Å². The molecule has 4 rings (SSSR count). The number of nitrogens with one attached hydrogen (secondary N) is 1. The minimum atomic E-state index is -0.369. The van der Waals surface area contributed by atoms with E-state index < -0.39 is 0 Å². The summed E-state index contributed by atoms with van der Waals surface area (Å²) >= 11 is 0. The first-order valence-electron chi connectivity index (χ1n) is 9.98. The molecule has 2 amide bonds. The Balaban J connectivity index is 1.57. The Hall–Kier alpha value is -3.73. The van der Waals surface area contributed by atoms with E-state index in [1.165, 1.54) is 0 Å². The molecule has 0 spiro atoms. The van der Waals surface area contributed by atoms with E-state index in [1.54, 1.807) is 12.4 Å². The second kappa shape index (κ2) is 8.74. The molecule has 1 aromatic heterocycles. The molecule has 1 aliphatic rings. The molecule has 0 radical (unpaired) electrons. The van der Waals surface area contributed by atoms with Gasteiger partial charge >= 0.3 is 0 Å². The first-order chi connectivity index (χ1) is 14.6. The highest BCUT2D eigenvalue weighted by molar-refractivity contribution is 6.25. The van der Waals surface area contributed by atoms with Crippen LogP contribution in [0.1, 0.15) is 30.0 Å². The zero-order valence-corrected chi connectivity index (χ0v) is 16.8. The summed E-state index contributed by atoms with van der Waals surface area (Å²) < 4.78 is 0. The van der Waals surface area contributed by atoms with Gasteiger partial charge in [-0.3, -0.25) is 19.9 Å². The van der Waals surface area contributed by atoms with Gasteiger partial charge < -0.3 is 4.90 Å². The summed E-state index contributed by atoms with van der Waals surface area (Å²) in [5.41, 5.74) is 5.20. The summed E-state index contributed by atoms with van der Waals surface area (Å²) in [6, 6.07) is 21.4. The third-order valence-corrected chi connectivity index (χ3v) is 5.30. The number of carbonyl (C=O) groups is 2. The molecule has 0 atom stereocenters. The fourth-order valence-electron chi connectivity index (χ4n) is 3.76. The third-order valence-electron chi connectivity index (χ3n) is 5.30. The van der Waals surface area contributed by atoms with Crippen molar-refractivity contribution in [1.29, 1.82) is 0 Å². The van der Waals surface area contributed by atoms with Crippen molar-refractivity contribution in [3.05, 3.63) is 102 Å². The first-order valence-corrected chi connectivity index (χ1v) is 9.98. The zero-order valence-electron chi connectivity index (χ0n) is 16.8. The molecule has 0 fully saturated rings. The number of aryl methyl sites for hydroxylation is 1. The number of pyridine rings is 1. The quantitative estimate of drug-likeness (QED) is 0.704. The summed E-state index contributed by atoms with van der Waals surface area (Å²) in [6.07, 6.45) is 4.35. The maximum Gasteiger partial charge on any atom is 0.260 e. The summed E-state index contributed by atoms with van der Waals surface area (Å²) in [5, 5.41) is 2.59. The number of imide groups is 1. The number of hydrogen-bond acceptors (Lipinski definition) is 4. The number of amides is 2. The van der Waals surface area contributed by atoms with Crippen molar-refractivity contribution in [2.45, 2.75) is 26.3 Å². The summed E-state index contributed by atoms with van der Waals surface area (Å²) in [4.78, 5) is 31.9. The van der Waals surface area contributed by atoms with Crippen molar-refractivity contribution in [2.75, 3.05) is 4.90 Å². The molecular weight excluding hydrogens is 374 g/mol. The van der Waals surface area contributed by atoms with Crippen LogP contribution in [-0.2, 0) is 22.6 Å². The van der Waals surface area contributed by atoms with E-state index in [0.717, 1.165) is 28.1 Å².